The van der Waals surface area contributed by atoms with Crippen LogP contribution in [-0.4, -0.2) is 18.4 Å². The monoisotopic (exact) mass is 384 g/mol. The lowest BCUT2D eigenvalue weighted by molar-refractivity contribution is -0.134. The van der Waals surface area contributed by atoms with Crippen molar-refractivity contribution in [3.8, 4) is 0 Å². The second kappa shape index (κ2) is 8.13. The molecule has 0 aliphatic heterocycles. The van der Waals surface area contributed by atoms with Crippen LogP contribution in [0.3, 0.4) is 0 Å². The number of carbonyl (C=O) groups is 2. The molecule has 2 N–H and O–H groups in total. The summed E-state index contributed by atoms with van der Waals surface area (Å²) in [5.74, 6) is 0.0347. The number of anilines is 1. The summed E-state index contributed by atoms with van der Waals surface area (Å²) in [5, 5.41) is 6.49. The molecule has 2 aromatic rings. The highest BCUT2D eigenvalue weighted by molar-refractivity contribution is 6.30. The third kappa shape index (κ3) is 4.69. The van der Waals surface area contributed by atoms with E-state index in [0.29, 0.717) is 36.7 Å². The highest BCUT2D eigenvalue weighted by Gasteiger charge is 2.56. The molecule has 27 heavy (non-hydrogen) atoms. The number of hydrogen-bond donors (Lipinski definition) is 2. The second-order valence-electron chi connectivity index (χ2n) is 7.45. The molecular formula is C22H25ClN2O2. The minimum absolute atomic E-state index is 0.187. The fourth-order valence-electron chi connectivity index (χ4n) is 3.02. The van der Waals surface area contributed by atoms with Crippen molar-refractivity contribution >= 4 is 29.1 Å². The lowest BCUT2D eigenvalue weighted by atomic mass is 10.0. The predicted octanol–water partition coefficient (Wildman–Crippen LogP) is 4.54. The van der Waals surface area contributed by atoms with Crippen LogP contribution in [0.1, 0.15) is 43.7 Å². The van der Waals surface area contributed by atoms with E-state index in [1.54, 1.807) is 0 Å². The molecule has 0 saturated heterocycles. The highest BCUT2D eigenvalue weighted by Crippen LogP contribution is 2.46. The molecule has 0 bridgehead atoms. The van der Waals surface area contributed by atoms with Crippen molar-refractivity contribution in [1.29, 1.82) is 0 Å². The fraction of sp³-hybridized carbons (Fsp3) is 0.364. The van der Waals surface area contributed by atoms with E-state index in [-0.39, 0.29) is 11.8 Å². The molecule has 3 rings (SSSR count). The molecule has 0 atom stereocenters. The molecule has 0 unspecified atom stereocenters. The average molecular weight is 385 g/mol. The van der Waals surface area contributed by atoms with Gasteiger partial charge in [0.1, 0.15) is 5.41 Å². The Morgan fingerprint density at radius 1 is 1.00 bits per heavy atom. The molecule has 0 radical (unpaired) electrons. The summed E-state index contributed by atoms with van der Waals surface area (Å²) in [4.78, 5) is 25.2. The topological polar surface area (TPSA) is 58.2 Å². The number of nitrogens with one attached hydrogen (secondary N) is 2. The Morgan fingerprint density at radius 2 is 1.63 bits per heavy atom. The van der Waals surface area contributed by atoms with Crippen LogP contribution < -0.4 is 10.6 Å². The third-order valence-electron chi connectivity index (χ3n) is 5.07. The summed E-state index contributed by atoms with van der Waals surface area (Å²) in [7, 11) is 0. The Kier molecular flexibility index (Phi) is 5.85. The summed E-state index contributed by atoms with van der Waals surface area (Å²) in [6.07, 6.45) is 1.89. The van der Waals surface area contributed by atoms with E-state index in [1.807, 2.05) is 48.5 Å². The van der Waals surface area contributed by atoms with E-state index < -0.39 is 5.41 Å². The SMILES string of the molecule is CC(C)c1ccc(NC(=O)C2(C(=O)NCCc3ccc(Cl)cc3)CC2)cc1. The number of hydrogen-bond acceptors (Lipinski definition) is 2. The van der Waals surface area contributed by atoms with Crippen LogP contribution >= 0.6 is 11.6 Å². The first-order chi connectivity index (χ1) is 12.9. The van der Waals surface area contributed by atoms with Gasteiger partial charge in [0.25, 0.3) is 0 Å². The summed E-state index contributed by atoms with van der Waals surface area (Å²) in [6.45, 7) is 4.75. The van der Waals surface area contributed by atoms with Gasteiger partial charge >= 0.3 is 0 Å². The molecule has 0 heterocycles. The Balaban J connectivity index is 1.53. The van der Waals surface area contributed by atoms with Crippen LogP contribution in [0.15, 0.2) is 48.5 Å². The van der Waals surface area contributed by atoms with Crippen LogP contribution in [0.2, 0.25) is 5.02 Å². The molecule has 1 saturated carbocycles. The van der Waals surface area contributed by atoms with Crippen LogP contribution in [0, 0.1) is 5.41 Å². The molecule has 142 valence electrons. The Bertz CT molecular complexity index is 809. The zero-order valence-electron chi connectivity index (χ0n) is 15.7. The quantitative estimate of drug-likeness (QED) is 0.688. The first-order valence-electron chi connectivity index (χ1n) is 9.35. The zero-order valence-corrected chi connectivity index (χ0v) is 16.5. The Hall–Kier alpha value is -2.33. The lowest BCUT2D eigenvalue weighted by Gasteiger charge is -2.16. The van der Waals surface area contributed by atoms with E-state index in [1.165, 1.54) is 5.56 Å². The van der Waals surface area contributed by atoms with E-state index in [0.717, 1.165) is 11.3 Å². The van der Waals surface area contributed by atoms with Gasteiger partial charge in [0, 0.05) is 17.3 Å². The summed E-state index contributed by atoms with van der Waals surface area (Å²) in [5.41, 5.74) is 2.12. The van der Waals surface area contributed by atoms with Crippen molar-refractivity contribution in [2.45, 2.75) is 39.0 Å². The molecule has 1 aliphatic rings. The van der Waals surface area contributed by atoms with Crippen molar-refractivity contribution in [1.82, 2.24) is 5.32 Å². The van der Waals surface area contributed by atoms with Gasteiger partial charge in [-0.2, -0.15) is 0 Å². The standard InChI is InChI=1S/C22H25ClN2O2/c1-15(2)17-5-9-19(10-6-17)25-21(27)22(12-13-22)20(26)24-14-11-16-3-7-18(23)8-4-16/h3-10,15H,11-14H2,1-2H3,(H,24,26)(H,25,27). The average Bonchev–Trinajstić information content (AvgIpc) is 3.46. The molecule has 1 aliphatic carbocycles. The van der Waals surface area contributed by atoms with Gasteiger partial charge in [0.15, 0.2) is 0 Å². The smallest absolute Gasteiger partial charge is 0.240 e. The molecule has 4 nitrogen and oxygen atoms in total. The number of benzene rings is 2. The van der Waals surface area contributed by atoms with Gasteiger partial charge in [0.2, 0.25) is 11.8 Å². The van der Waals surface area contributed by atoms with Crippen molar-refractivity contribution in [3.63, 3.8) is 0 Å². The fourth-order valence-corrected chi connectivity index (χ4v) is 3.15. The molecule has 1 fully saturated rings. The second-order valence-corrected chi connectivity index (χ2v) is 7.88. The van der Waals surface area contributed by atoms with Crippen molar-refractivity contribution < 1.29 is 9.59 Å². The summed E-state index contributed by atoms with van der Waals surface area (Å²) in [6, 6.07) is 15.3. The van der Waals surface area contributed by atoms with Gasteiger partial charge in [-0.05, 0) is 60.6 Å². The number of carbonyl (C=O) groups excluding carboxylic acids is 2. The molecule has 5 heteroatoms. The number of halogens is 1. The summed E-state index contributed by atoms with van der Waals surface area (Å²) < 4.78 is 0. The van der Waals surface area contributed by atoms with Crippen LogP contribution in [-0.2, 0) is 16.0 Å². The van der Waals surface area contributed by atoms with E-state index in [2.05, 4.69) is 24.5 Å². The highest BCUT2D eigenvalue weighted by atomic mass is 35.5. The number of rotatable bonds is 7. The van der Waals surface area contributed by atoms with Gasteiger partial charge < -0.3 is 10.6 Å². The van der Waals surface area contributed by atoms with Gasteiger partial charge in [-0.25, -0.2) is 0 Å². The van der Waals surface area contributed by atoms with Crippen LogP contribution in [0.4, 0.5) is 5.69 Å². The predicted molar refractivity (Wildman–Crippen MR) is 109 cm³/mol. The maximum atomic E-state index is 12.6. The maximum absolute atomic E-state index is 12.6. The van der Waals surface area contributed by atoms with E-state index >= 15 is 0 Å². The maximum Gasteiger partial charge on any atom is 0.240 e. The largest absolute Gasteiger partial charge is 0.355 e. The van der Waals surface area contributed by atoms with Gasteiger partial charge in [-0.1, -0.05) is 49.7 Å². The van der Waals surface area contributed by atoms with E-state index in [9.17, 15) is 9.59 Å². The zero-order chi connectivity index (χ0) is 19.4. The molecule has 0 spiro atoms. The Morgan fingerprint density at radius 3 is 2.19 bits per heavy atom. The number of amides is 2. The molecule has 0 aromatic heterocycles. The van der Waals surface area contributed by atoms with Gasteiger partial charge in [0.05, 0.1) is 0 Å². The minimum Gasteiger partial charge on any atom is -0.355 e. The lowest BCUT2D eigenvalue weighted by Crippen LogP contribution is -2.40. The van der Waals surface area contributed by atoms with Gasteiger partial charge in [-0.15, -0.1) is 0 Å². The molecule has 2 amide bonds. The van der Waals surface area contributed by atoms with Crippen molar-refractivity contribution in [2.75, 3.05) is 11.9 Å². The molecular weight excluding hydrogens is 360 g/mol. The van der Waals surface area contributed by atoms with Gasteiger partial charge in [-0.3, -0.25) is 9.59 Å². The minimum atomic E-state index is -0.920. The Labute approximate surface area is 165 Å². The first-order valence-corrected chi connectivity index (χ1v) is 9.73. The third-order valence-corrected chi connectivity index (χ3v) is 5.32. The van der Waals surface area contributed by atoms with Crippen molar-refractivity contribution in [2.24, 2.45) is 5.41 Å². The summed E-state index contributed by atoms with van der Waals surface area (Å²) >= 11 is 5.88. The van der Waals surface area contributed by atoms with Crippen LogP contribution in [0.5, 0.6) is 0 Å². The normalized spacial score (nSPS) is 14.7. The van der Waals surface area contributed by atoms with Crippen LogP contribution in [0.25, 0.3) is 0 Å². The molecule has 2 aromatic carbocycles. The first kappa shape index (κ1) is 19.4. The van der Waals surface area contributed by atoms with E-state index in [4.69, 9.17) is 11.6 Å². The van der Waals surface area contributed by atoms with Crippen molar-refractivity contribution in [3.05, 3.63) is 64.7 Å².